The number of nitrogens with one attached hydrogen (secondary N) is 2. The minimum atomic E-state index is 0. The van der Waals surface area contributed by atoms with Crippen molar-refractivity contribution in [3.05, 3.63) is 48.3 Å². The zero-order chi connectivity index (χ0) is 14.2. The summed E-state index contributed by atoms with van der Waals surface area (Å²) >= 11 is 0. The van der Waals surface area contributed by atoms with Crippen LogP contribution in [-0.2, 0) is 6.54 Å². The fourth-order valence-electron chi connectivity index (χ4n) is 1.95. The van der Waals surface area contributed by atoms with Crippen molar-refractivity contribution in [2.24, 2.45) is 4.99 Å². The van der Waals surface area contributed by atoms with Crippen molar-refractivity contribution in [3.8, 4) is 5.69 Å². The summed E-state index contributed by atoms with van der Waals surface area (Å²) in [4.78, 5) is 4.60. The molecule has 114 valence electrons. The standard InChI is InChI=1S/C15H21N5.HI/c1-3-16-15(17-4-2)18-12-13-8-5-6-9-14(13)20-11-7-10-19-20;/h5-11H,3-4,12H2,1-2H3,(H2,16,17,18);1H. The number of nitrogens with zero attached hydrogens (tertiary/aromatic N) is 3. The van der Waals surface area contributed by atoms with E-state index in [0.29, 0.717) is 6.54 Å². The monoisotopic (exact) mass is 399 g/mol. The van der Waals surface area contributed by atoms with Crippen LogP contribution in [0.2, 0.25) is 0 Å². The summed E-state index contributed by atoms with van der Waals surface area (Å²) in [6.07, 6.45) is 3.72. The fourth-order valence-corrected chi connectivity index (χ4v) is 1.95. The average molecular weight is 399 g/mol. The molecular formula is C15H22IN5. The van der Waals surface area contributed by atoms with Crippen molar-refractivity contribution in [1.82, 2.24) is 20.4 Å². The molecule has 6 heteroatoms. The molecule has 0 aliphatic rings. The third kappa shape index (κ3) is 5.04. The molecule has 0 unspecified atom stereocenters. The SMILES string of the molecule is CCNC(=NCc1ccccc1-n1cccn1)NCC.I. The van der Waals surface area contributed by atoms with Gasteiger partial charge < -0.3 is 10.6 Å². The topological polar surface area (TPSA) is 54.2 Å². The van der Waals surface area contributed by atoms with Crippen LogP contribution in [0, 0.1) is 0 Å². The third-order valence-corrected chi connectivity index (χ3v) is 2.84. The van der Waals surface area contributed by atoms with Gasteiger partial charge in [-0.2, -0.15) is 5.10 Å². The molecule has 1 aromatic carbocycles. The number of halogens is 1. The maximum Gasteiger partial charge on any atom is 0.191 e. The Kier molecular flexibility index (Phi) is 7.81. The van der Waals surface area contributed by atoms with E-state index < -0.39 is 0 Å². The maximum atomic E-state index is 4.60. The summed E-state index contributed by atoms with van der Waals surface area (Å²) in [7, 11) is 0. The number of guanidine groups is 1. The number of rotatable bonds is 5. The van der Waals surface area contributed by atoms with Gasteiger partial charge in [0.25, 0.3) is 0 Å². The van der Waals surface area contributed by atoms with Gasteiger partial charge in [-0.15, -0.1) is 24.0 Å². The lowest BCUT2D eigenvalue weighted by molar-refractivity contribution is 0.828. The second kappa shape index (κ2) is 9.38. The van der Waals surface area contributed by atoms with Crippen LogP contribution in [0.1, 0.15) is 19.4 Å². The van der Waals surface area contributed by atoms with Crippen LogP contribution in [0.25, 0.3) is 5.69 Å². The highest BCUT2D eigenvalue weighted by Gasteiger charge is 2.04. The largest absolute Gasteiger partial charge is 0.357 e. The fraction of sp³-hybridized carbons (Fsp3) is 0.333. The van der Waals surface area contributed by atoms with E-state index in [0.717, 1.165) is 30.3 Å². The average Bonchev–Trinajstić information content (AvgIpc) is 2.99. The highest BCUT2D eigenvalue weighted by atomic mass is 127. The van der Waals surface area contributed by atoms with E-state index in [1.165, 1.54) is 0 Å². The lowest BCUT2D eigenvalue weighted by Crippen LogP contribution is -2.37. The van der Waals surface area contributed by atoms with E-state index in [1.807, 2.05) is 29.1 Å². The van der Waals surface area contributed by atoms with Gasteiger partial charge in [-0.05, 0) is 31.5 Å². The summed E-state index contributed by atoms with van der Waals surface area (Å²) in [6, 6.07) is 10.1. The van der Waals surface area contributed by atoms with Crippen LogP contribution in [0.3, 0.4) is 0 Å². The van der Waals surface area contributed by atoms with Gasteiger partial charge in [0.15, 0.2) is 5.96 Å². The molecule has 0 saturated carbocycles. The molecule has 2 N–H and O–H groups in total. The molecule has 0 saturated heterocycles. The van der Waals surface area contributed by atoms with Crippen molar-refractivity contribution in [2.45, 2.75) is 20.4 Å². The zero-order valence-electron chi connectivity index (χ0n) is 12.4. The Balaban J connectivity index is 0.00000220. The summed E-state index contributed by atoms with van der Waals surface area (Å²) in [5.74, 6) is 0.838. The van der Waals surface area contributed by atoms with Gasteiger partial charge in [0.2, 0.25) is 0 Å². The quantitative estimate of drug-likeness (QED) is 0.462. The first kappa shape index (κ1) is 17.5. The number of para-hydroxylation sites is 1. The molecule has 0 bridgehead atoms. The molecule has 1 aromatic heterocycles. The predicted octanol–water partition coefficient (Wildman–Crippen LogP) is 2.57. The Labute approximate surface area is 142 Å². The molecule has 0 amide bonds. The maximum absolute atomic E-state index is 4.60. The second-order valence-electron chi connectivity index (χ2n) is 4.30. The van der Waals surface area contributed by atoms with E-state index in [4.69, 9.17) is 0 Å². The molecule has 0 atom stereocenters. The van der Waals surface area contributed by atoms with Gasteiger partial charge in [0.1, 0.15) is 0 Å². The van der Waals surface area contributed by atoms with Crippen LogP contribution in [0.5, 0.6) is 0 Å². The van der Waals surface area contributed by atoms with E-state index in [-0.39, 0.29) is 24.0 Å². The Hall–Kier alpha value is -1.57. The first-order chi connectivity index (χ1) is 9.85. The molecule has 0 fully saturated rings. The van der Waals surface area contributed by atoms with Crippen molar-refractivity contribution in [3.63, 3.8) is 0 Å². The second-order valence-corrected chi connectivity index (χ2v) is 4.30. The van der Waals surface area contributed by atoms with Crippen molar-refractivity contribution < 1.29 is 0 Å². The predicted molar refractivity (Wildman–Crippen MR) is 97.5 cm³/mol. The van der Waals surface area contributed by atoms with Crippen molar-refractivity contribution in [2.75, 3.05) is 13.1 Å². The van der Waals surface area contributed by atoms with Crippen LogP contribution >= 0.6 is 24.0 Å². The first-order valence-corrected chi connectivity index (χ1v) is 6.95. The molecule has 5 nitrogen and oxygen atoms in total. The van der Waals surface area contributed by atoms with Crippen molar-refractivity contribution >= 4 is 29.9 Å². The summed E-state index contributed by atoms with van der Waals surface area (Å²) in [5, 5.41) is 10.7. The van der Waals surface area contributed by atoms with E-state index in [9.17, 15) is 0 Å². The van der Waals surface area contributed by atoms with Gasteiger partial charge in [-0.25, -0.2) is 9.67 Å². The Morgan fingerprint density at radius 1 is 1.14 bits per heavy atom. The number of benzene rings is 1. The van der Waals surface area contributed by atoms with Gasteiger partial charge >= 0.3 is 0 Å². The highest BCUT2D eigenvalue weighted by Crippen LogP contribution is 2.14. The van der Waals surface area contributed by atoms with E-state index >= 15 is 0 Å². The molecule has 0 aliphatic carbocycles. The molecule has 0 radical (unpaired) electrons. The Morgan fingerprint density at radius 2 is 1.86 bits per heavy atom. The van der Waals surface area contributed by atoms with Gasteiger partial charge in [-0.1, -0.05) is 18.2 Å². The summed E-state index contributed by atoms with van der Waals surface area (Å²) in [5.41, 5.74) is 2.21. The summed E-state index contributed by atoms with van der Waals surface area (Å²) in [6.45, 7) is 6.44. The number of hydrogen-bond acceptors (Lipinski definition) is 2. The van der Waals surface area contributed by atoms with Crippen LogP contribution in [0.15, 0.2) is 47.7 Å². The molecule has 1 heterocycles. The molecule has 2 aromatic rings. The Morgan fingerprint density at radius 3 is 2.48 bits per heavy atom. The van der Waals surface area contributed by atoms with Gasteiger partial charge in [0, 0.05) is 25.5 Å². The zero-order valence-corrected chi connectivity index (χ0v) is 14.7. The summed E-state index contributed by atoms with van der Waals surface area (Å²) < 4.78 is 1.87. The van der Waals surface area contributed by atoms with Crippen LogP contribution < -0.4 is 10.6 Å². The third-order valence-electron chi connectivity index (χ3n) is 2.84. The van der Waals surface area contributed by atoms with Crippen LogP contribution in [0.4, 0.5) is 0 Å². The number of aromatic nitrogens is 2. The minimum Gasteiger partial charge on any atom is -0.357 e. The molecule has 0 aliphatic heterocycles. The van der Waals surface area contributed by atoms with Gasteiger partial charge in [-0.3, -0.25) is 0 Å². The highest BCUT2D eigenvalue weighted by molar-refractivity contribution is 14.0. The number of hydrogen-bond donors (Lipinski definition) is 2. The van der Waals surface area contributed by atoms with Crippen molar-refractivity contribution in [1.29, 1.82) is 0 Å². The van der Waals surface area contributed by atoms with E-state index in [1.54, 1.807) is 6.20 Å². The van der Waals surface area contributed by atoms with Crippen LogP contribution in [-0.4, -0.2) is 28.8 Å². The smallest absolute Gasteiger partial charge is 0.191 e. The van der Waals surface area contributed by atoms with Gasteiger partial charge in [0.05, 0.1) is 12.2 Å². The first-order valence-electron chi connectivity index (χ1n) is 6.95. The molecular weight excluding hydrogens is 377 g/mol. The normalized spacial score (nSPS) is 9.62. The number of aliphatic imine (C=N–C) groups is 1. The minimum absolute atomic E-state index is 0. The lowest BCUT2D eigenvalue weighted by atomic mass is 10.2. The molecule has 0 spiro atoms. The van der Waals surface area contributed by atoms with E-state index in [2.05, 4.69) is 46.7 Å². The molecule has 21 heavy (non-hydrogen) atoms. The molecule has 2 rings (SSSR count). The lowest BCUT2D eigenvalue weighted by Gasteiger charge is -2.11. The Bertz CT molecular complexity index is 543.